The van der Waals surface area contributed by atoms with Crippen LogP contribution < -0.4 is 9.47 Å². The molecule has 16 unspecified atom stereocenters. The number of aliphatic hydroxyl groups is 11. The van der Waals surface area contributed by atoms with Crippen molar-refractivity contribution < 1.29 is 134 Å². The Morgan fingerprint density at radius 1 is 0.500 bits per heavy atom. The molecule has 0 spiro atoms. The van der Waals surface area contributed by atoms with Crippen molar-refractivity contribution in [3.63, 3.8) is 0 Å². The number of carbonyl (C=O) groups excluding carboxylic acids is 2. The van der Waals surface area contributed by atoms with Crippen molar-refractivity contribution in [3.8, 4) is 51.7 Å². The lowest BCUT2D eigenvalue weighted by atomic mass is 9.98. The van der Waals surface area contributed by atoms with Crippen LogP contribution in [0.5, 0.6) is 51.7 Å². The summed E-state index contributed by atoms with van der Waals surface area (Å²) in [6, 6.07) is 13.2. The van der Waals surface area contributed by atoms with Crippen LogP contribution in [0, 0.1) is 0 Å². The van der Waals surface area contributed by atoms with Gasteiger partial charge in [0.15, 0.2) is 40.3 Å². The van der Waals surface area contributed by atoms with Gasteiger partial charge in [-0.05, 0) is 65.7 Å². The van der Waals surface area contributed by atoms with Crippen molar-refractivity contribution in [2.75, 3.05) is 19.8 Å². The second-order valence-corrected chi connectivity index (χ2v) is 18.2. The van der Waals surface area contributed by atoms with E-state index < -0.39 is 170 Å². The second kappa shape index (κ2) is 24.0. The standard InChI is InChI=1S/C51H54O27/c52-17-34-39(61)42(64)45(67)51(76-34)75-33-16-24-30(14-23(53)15-31(24)73-49-46(68)43(65)40(62)35(77-49)18-70-37(59)9-3-20-1-6-25(54)28(57)11-20)72-48(33)22-5-8-27(56)32(13-22)74-50-47(69)44(66)41(63)36(78-50)19-71-38(60)10-4-21-2-7-26(55)29(58)12-21/h1-16,34-36,39-58,61-69H,17-19H2/p+1. The summed E-state index contributed by atoms with van der Waals surface area (Å²) in [5, 5.41) is 168. The zero-order valence-electron chi connectivity index (χ0n) is 40.3. The van der Waals surface area contributed by atoms with Gasteiger partial charge in [0.1, 0.15) is 104 Å². The van der Waals surface area contributed by atoms with E-state index in [0.717, 1.165) is 36.4 Å². The van der Waals surface area contributed by atoms with Crippen LogP contribution >= 0.6 is 0 Å². The van der Waals surface area contributed by atoms with Gasteiger partial charge in [0.05, 0.1) is 18.2 Å². The molecule has 4 aliphatic rings. The average molecular weight is 1100 g/mol. The van der Waals surface area contributed by atoms with Gasteiger partial charge < -0.3 is 124 Å². The van der Waals surface area contributed by atoms with Gasteiger partial charge in [-0.2, -0.15) is 0 Å². The predicted molar refractivity (Wildman–Crippen MR) is 258 cm³/mol. The second-order valence-electron chi connectivity index (χ2n) is 18.2. The minimum atomic E-state index is -2.00. The smallest absolute Gasteiger partial charge is 0.330 e. The summed E-state index contributed by atoms with van der Waals surface area (Å²) in [7, 11) is 0. The Kier molecular flexibility index (Phi) is 17.5. The van der Waals surface area contributed by atoms with Crippen LogP contribution in [0.2, 0.25) is 0 Å². The van der Waals surface area contributed by atoms with Gasteiger partial charge in [-0.15, -0.1) is 0 Å². The Labute approximate surface area is 439 Å². The Balaban J connectivity index is 1.04. The van der Waals surface area contributed by atoms with Crippen LogP contribution in [0.25, 0.3) is 18.2 Å². The molecular weight excluding hydrogens is 1040 g/mol. The number of aromatic hydroxyl groups is 7. The van der Waals surface area contributed by atoms with E-state index in [-0.39, 0.29) is 28.4 Å². The molecule has 78 heavy (non-hydrogen) atoms. The fraction of sp³-hybridized carbons (Fsp3) is 0.373. The number of carbonyl (C=O) groups is 2. The molecule has 27 nitrogen and oxygen atoms in total. The van der Waals surface area contributed by atoms with Crippen LogP contribution in [0.3, 0.4) is 0 Å². The zero-order chi connectivity index (χ0) is 56.3. The quantitative estimate of drug-likeness (QED) is 0.0249. The Hall–Kier alpha value is -7.48. The number of ether oxygens (including phenoxy) is 9. The van der Waals surface area contributed by atoms with Crippen LogP contribution in [0.1, 0.15) is 28.4 Å². The molecule has 0 bridgehead atoms. The maximum Gasteiger partial charge on any atom is 0.330 e. The van der Waals surface area contributed by atoms with Crippen LogP contribution in [0.4, 0.5) is 0 Å². The molecule has 3 fully saturated rings. The minimum absolute atomic E-state index is 0.0526. The van der Waals surface area contributed by atoms with Gasteiger partial charge in [0, 0.05) is 24.3 Å². The van der Waals surface area contributed by atoms with Gasteiger partial charge in [-0.1, -0.05) is 12.1 Å². The first-order valence-electron chi connectivity index (χ1n) is 23.7. The van der Waals surface area contributed by atoms with E-state index in [1.54, 1.807) is 0 Å². The third kappa shape index (κ3) is 12.6. The van der Waals surface area contributed by atoms with Gasteiger partial charge in [-0.25, -0.2) is 9.59 Å². The first kappa shape index (κ1) is 56.7. The molecule has 3 saturated heterocycles. The minimum Gasteiger partial charge on any atom is -0.571 e. The maximum atomic E-state index is 12.6. The highest BCUT2D eigenvalue weighted by Crippen LogP contribution is 2.48. The number of esters is 2. The molecule has 0 saturated carbocycles. The molecular formula is C51H55O27+. The number of phenols is 6. The first-order valence-corrected chi connectivity index (χ1v) is 23.7. The van der Waals surface area contributed by atoms with Gasteiger partial charge in [-0.3, -0.25) is 0 Å². The normalized spacial score (nSPS) is 30.9. The summed E-state index contributed by atoms with van der Waals surface area (Å²) in [6.45, 7) is -2.26. The topological polar surface area (TPSA) is 444 Å². The van der Waals surface area contributed by atoms with Gasteiger partial charge >= 0.3 is 11.9 Å². The lowest BCUT2D eigenvalue weighted by Crippen LogP contribution is -2.60. The highest BCUT2D eigenvalue weighted by atomic mass is 16.7. The Morgan fingerprint density at radius 2 is 0.962 bits per heavy atom. The number of rotatable bonds is 16. The molecule has 0 amide bonds. The van der Waals surface area contributed by atoms with E-state index in [0.29, 0.717) is 11.1 Å². The zero-order valence-corrected chi connectivity index (χ0v) is 40.3. The molecule has 27 heteroatoms. The monoisotopic (exact) mass is 1100 g/mol. The summed E-state index contributed by atoms with van der Waals surface area (Å²) < 4.78 is 50.1. The largest absolute Gasteiger partial charge is 0.571 e. The molecule has 0 aromatic heterocycles. The summed E-state index contributed by atoms with van der Waals surface area (Å²) in [6.07, 6.45) is -23.3. The third-order valence-electron chi connectivity index (χ3n) is 12.8. The van der Waals surface area contributed by atoms with Crippen molar-refractivity contribution in [2.45, 2.75) is 98.2 Å². The van der Waals surface area contributed by atoms with Crippen molar-refractivity contribution in [1.29, 1.82) is 0 Å². The average Bonchev–Trinajstić information content (AvgIpc) is 3.54. The van der Waals surface area contributed by atoms with Crippen LogP contribution in [-0.4, -0.2) is 210 Å². The highest BCUT2D eigenvalue weighted by Gasteiger charge is 2.49. The Bertz CT molecular complexity index is 2890. The van der Waals surface area contributed by atoms with Gasteiger partial charge in [0.25, 0.3) is 11.9 Å². The summed E-state index contributed by atoms with van der Waals surface area (Å²) in [5.74, 6) is -5.89. The molecule has 420 valence electrons. The summed E-state index contributed by atoms with van der Waals surface area (Å²) in [4.78, 5) is 25.2. The predicted octanol–water partition coefficient (Wildman–Crippen LogP) is -2.04. The summed E-state index contributed by atoms with van der Waals surface area (Å²) >= 11 is 0. The molecule has 4 heterocycles. The Morgan fingerprint density at radius 3 is 1.46 bits per heavy atom. The first-order chi connectivity index (χ1) is 37.1. The lowest BCUT2D eigenvalue weighted by Gasteiger charge is -2.41. The van der Waals surface area contributed by atoms with E-state index in [2.05, 4.69) is 0 Å². The number of fused-ring (bicyclic) bond motifs is 1. The van der Waals surface area contributed by atoms with E-state index in [9.17, 15) is 91.3 Å². The molecule has 4 aromatic carbocycles. The number of benzene rings is 4. The van der Waals surface area contributed by atoms with E-state index in [1.807, 2.05) is 0 Å². The molecule has 16 atom stereocenters. The van der Waals surface area contributed by atoms with Crippen LogP contribution in [-0.2, 0) is 38.0 Å². The lowest BCUT2D eigenvalue weighted by molar-refractivity contribution is -0.295. The molecule has 8 rings (SSSR count). The van der Waals surface area contributed by atoms with Crippen LogP contribution in [0.15, 0.2) is 84.6 Å². The highest BCUT2D eigenvalue weighted by molar-refractivity contribution is 5.87. The van der Waals surface area contributed by atoms with Crippen molar-refractivity contribution in [1.82, 2.24) is 0 Å². The fourth-order valence-electron chi connectivity index (χ4n) is 8.40. The van der Waals surface area contributed by atoms with E-state index in [1.165, 1.54) is 60.7 Å². The maximum absolute atomic E-state index is 12.6. The number of phenolic OH excluding ortho intramolecular Hbond substituents is 6. The fourth-order valence-corrected chi connectivity index (χ4v) is 8.40. The van der Waals surface area contributed by atoms with E-state index in [4.69, 9.17) is 42.6 Å². The third-order valence-corrected chi connectivity index (χ3v) is 12.8. The van der Waals surface area contributed by atoms with E-state index >= 15 is 0 Å². The molecule has 17 N–H and O–H groups in total. The molecule has 4 aromatic rings. The van der Waals surface area contributed by atoms with Crippen molar-refractivity contribution in [3.05, 3.63) is 107 Å². The number of aliphatic hydroxyl groups excluding tert-OH is 10. The number of hydrogen-bond acceptors (Lipinski definition) is 26. The SMILES string of the molecule is O=C(C=Cc1ccc(O)c(O)c1)OCC1OC(Oc2cc(C3[OH+]c4cc(O)cc(OC5OC(COC(=O)C=Cc6ccc(O)c(O)c6)C(O)C(O)C5O)c4C=C3OC3OC(CO)C(O)C(O)C3O)ccc2O)C(O)C(O)C1O. The molecule has 0 aliphatic carbocycles. The number of hydrogen-bond donors (Lipinski definition) is 16. The summed E-state index contributed by atoms with van der Waals surface area (Å²) in [5.41, 5.74) is 0.606. The van der Waals surface area contributed by atoms with Crippen molar-refractivity contribution in [2.24, 2.45) is 0 Å². The molecule has 0 radical (unpaired) electrons. The molecule has 4 aliphatic heterocycles. The van der Waals surface area contributed by atoms with Gasteiger partial charge in [0.2, 0.25) is 18.9 Å². The van der Waals surface area contributed by atoms with Crippen molar-refractivity contribution >= 4 is 30.2 Å².